The first-order valence-corrected chi connectivity index (χ1v) is 2.94. The van der Waals surface area contributed by atoms with Gasteiger partial charge >= 0.3 is 0 Å². The number of hydrazine groups is 3. The lowest BCUT2D eigenvalue weighted by molar-refractivity contribution is -0.130. The molecule has 6 nitrogen and oxygen atoms in total. The zero-order valence-corrected chi connectivity index (χ0v) is 5.71. The van der Waals surface area contributed by atoms with E-state index in [-0.39, 0.29) is 5.91 Å². The molecule has 0 saturated carbocycles. The van der Waals surface area contributed by atoms with Gasteiger partial charge in [0.05, 0.1) is 0 Å². The first-order chi connectivity index (χ1) is 4.84. The van der Waals surface area contributed by atoms with E-state index in [1.165, 1.54) is 5.01 Å². The smallest absolute Gasteiger partial charge is 0.237 e. The third kappa shape index (κ3) is 2.28. The summed E-state index contributed by atoms with van der Waals surface area (Å²) >= 11 is 0. The molecule has 1 rings (SSSR count). The van der Waals surface area contributed by atoms with Crippen LogP contribution in [-0.4, -0.2) is 17.5 Å². The molecule has 60 valence electrons. The van der Waals surface area contributed by atoms with Crippen LogP contribution in [0.4, 0.5) is 0 Å². The van der Waals surface area contributed by atoms with Crippen molar-refractivity contribution < 1.29 is 4.79 Å². The van der Waals surface area contributed by atoms with Crippen LogP contribution in [0.5, 0.6) is 0 Å². The lowest BCUT2D eigenvalue weighted by Gasteiger charge is -2.10. The van der Waals surface area contributed by atoms with Gasteiger partial charge < -0.3 is 0 Å². The summed E-state index contributed by atoms with van der Waals surface area (Å²) in [5, 5.41) is 1.42. The monoisotopic (exact) mass is 147 g/mol. The van der Waals surface area contributed by atoms with Crippen molar-refractivity contribution in [2.45, 2.75) is 12.8 Å². The molecule has 1 heterocycles. The largest absolute Gasteiger partial charge is 0.274 e. The fourth-order valence-electron chi connectivity index (χ4n) is 0.785. The topological polar surface area (TPSA) is 110 Å². The lowest BCUT2D eigenvalue weighted by Crippen LogP contribution is -2.43. The van der Waals surface area contributed by atoms with Crippen molar-refractivity contribution >= 4 is 5.91 Å². The molecular weight excluding hydrogens is 134 g/mol. The summed E-state index contributed by atoms with van der Waals surface area (Å²) < 4.78 is 0. The highest BCUT2D eigenvalue weighted by molar-refractivity contribution is 5.77. The minimum atomic E-state index is 0.0903. The van der Waals surface area contributed by atoms with Gasteiger partial charge in [0.15, 0.2) is 0 Å². The summed E-state index contributed by atoms with van der Waals surface area (Å²) in [5.74, 6) is 13.1. The van der Waals surface area contributed by atoms with E-state index in [2.05, 4.69) is 17.2 Å². The minimum Gasteiger partial charge on any atom is -0.274 e. The van der Waals surface area contributed by atoms with Gasteiger partial charge in [0.1, 0.15) is 0 Å². The molecule has 0 aromatic carbocycles. The molecule has 0 radical (unpaired) electrons. The number of nitrogens with two attached hydrogens (primary N) is 3. The first kappa shape index (κ1) is 9.31. The Labute approximate surface area is 59.2 Å². The van der Waals surface area contributed by atoms with Crippen LogP contribution in [0.15, 0.2) is 0 Å². The SMILES string of the molecule is NN.NNN1CCCC1=O. The summed E-state index contributed by atoms with van der Waals surface area (Å²) in [7, 11) is 0. The second kappa shape index (κ2) is 5.12. The molecule has 1 aliphatic heterocycles. The maximum Gasteiger partial charge on any atom is 0.237 e. The van der Waals surface area contributed by atoms with E-state index < -0.39 is 0 Å². The van der Waals surface area contributed by atoms with E-state index in [9.17, 15) is 4.79 Å². The van der Waals surface area contributed by atoms with Crippen LogP contribution in [-0.2, 0) is 4.79 Å². The molecule has 1 fully saturated rings. The number of hydrogen-bond acceptors (Lipinski definition) is 5. The number of carbonyl (C=O) groups is 1. The number of amides is 1. The molecule has 0 aliphatic carbocycles. The van der Waals surface area contributed by atoms with E-state index in [1.807, 2.05) is 0 Å². The molecule has 0 atom stereocenters. The van der Waals surface area contributed by atoms with Gasteiger partial charge in [-0.1, -0.05) is 0 Å². The van der Waals surface area contributed by atoms with Crippen molar-refractivity contribution in [1.82, 2.24) is 10.5 Å². The van der Waals surface area contributed by atoms with Crippen LogP contribution in [0.1, 0.15) is 12.8 Å². The van der Waals surface area contributed by atoms with Crippen LogP contribution >= 0.6 is 0 Å². The third-order valence-electron chi connectivity index (χ3n) is 1.23. The van der Waals surface area contributed by atoms with Crippen LogP contribution in [0, 0.1) is 0 Å². The molecular formula is C4H13N5O. The molecule has 1 amide bonds. The van der Waals surface area contributed by atoms with E-state index in [0.29, 0.717) is 6.42 Å². The van der Waals surface area contributed by atoms with Gasteiger partial charge in [-0.25, -0.2) is 0 Å². The fourth-order valence-corrected chi connectivity index (χ4v) is 0.785. The Morgan fingerprint density at radius 2 is 2.10 bits per heavy atom. The van der Waals surface area contributed by atoms with Crippen molar-refractivity contribution in [3.05, 3.63) is 0 Å². The number of nitrogens with zero attached hydrogens (tertiary/aromatic N) is 1. The number of hydrogen-bond donors (Lipinski definition) is 4. The van der Waals surface area contributed by atoms with Crippen molar-refractivity contribution in [3.8, 4) is 0 Å². The zero-order valence-electron chi connectivity index (χ0n) is 5.71. The van der Waals surface area contributed by atoms with Gasteiger partial charge in [-0.15, -0.1) is 0 Å². The average molecular weight is 147 g/mol. The van der Waals surface area contributed by atoms with Gasteiger partial charge in [-0.05, 0) is 6.42 Å². The molecule has 6 heteroatoms. The van der Waals surface area contributed by atoms with E-state index in [1.54, 1.807) is 0 Å². The lowest BCUT2D eigenvalue weighted by atomic mass is 10.4. The molecule has 7 N–H and O–H groups in total. The second-order valence-electron chi connectivity index (χ2n) is 1.78. The highest BCUT2D eigenvalue weighted by atomic mass is 16.2. The van der Waals surface area contributed by atoms with Gasteiger partial charge in [-0.3, -0.25) is 27.3 Å². The standard InChI is InChI=1S/C4H9N3O.H4N2/c5-6-7-3-1-2-4(7)8;1-2/h6H,1-3,5H2;1-2H2. The van der Waals surface area contributed by atoms with E-state index >= 15 is 0 Å². The van der Waals surface area contributed by atoms with Gasteiger partial charge in [0.25, 0.3) is 0 Å². The molecule has 0 bridgehead atoms. The highest BCUT2D eigenvalue weighted by Gasteiger charge is 2.17. The predicted molar refractivity (Wildman–Crippen MR) is 36.6 cm³/mol. The van der Waals surface area contributed by atoms with Crippen LogP contribution < -0.4 is 23.1 Å². The van der Waals surface area contributed by atoms with E-state index in [0.717, 1.165) is 13.0 Å². The Morgan fingerprint density at radius 3 is 2.30 bits per heavy atom. The molecule has 1 saturated heterocycles. The van der Waals surface area contributed by atoms with Crippen molar-refractivity contribution in [2.24, 2.45) is 17.5 Å². The third-order valence-corrected chi connectivity index (χ3v) is 1.23. The first-order valence-electron chi connectivity index (χ1n) is 2.94. The molecule has 1 aliphatic rings. The van der Waals surface area contributed by atoms with Crippen molar-refractivity contribution in [1.29, 1.82) is 0 Å². The number of carbonyl (C=O) groups excluding carboxylic acids is 1. The van der Waals surface area contributed by atoms with Crippen LogP contribution in [0.2, 0.25) is 0 Å². The minimum absolute atomic E-state index is 0.0903. The zero-order chi connectivity index (χ0) is 7.98. The van der Waals surface area contributed by atoms with Gasteiger partial charge in [0, 0.05) is 13.0 Å². The Morgan fingerprint density at radius 1 is 1.50 bits per heavy atom. The molecule has 10 heavy (non-hydrogen) atoms. The summed E-state index contributed by atoms with van der Waals surface area (Å²) in [6.07, 6.45) is 1.55. The second-order valence-corrected chi connectivity index (χ2v) is 1.78. The maximum absolute atomic E-state index is 10.6. The Bertz CT molecular complexity index is 106. The molecule has 0 aromatic rings. The van der Waals surface area contributed by atoms with Crippen molar-refractivity contribution in [2.75, 3.05) is 6.54 Å². The quantitative estimate of drug-likeness (QED) is 0.248. The van der Waals surface area contributed by atoms with E-state index in [4.69, 9.17) is 5.84 Å². The van der Waals surface area contributed by atoms with Gasteiger partial charge in [-0.2, -0.15) is 5.53 Å². The van der Waals surface area contributed by atoms with Crippen LogP contribution in [0.25, 0.3) is 0 Å². The van der Waals surface area contributed by atoms with Crippen LogP contribution in [0.3, 0.4) is 0 Å². The average Bonchev–Trinajstić information content (AvgIpc) is 2.39. The Kier molecular flexibility index (Phi) is 4.77. The summed E-state index contributed by atoms with van der Waals surface area (Å²) in [5.41, 5.74) is 2.30. The predicted octanol–water partition coefficient (Wildman–Crippen LogP) is -2.19. The fraction of sp³-hybridized carbons (Fsp3) is 0.750. The summed E-state index contributed by atoms with van der Waals surface area (Å²) in [6, 6.07) is 0. The Hall–Kier alpha value is -0.690. The normalized spacial score (nSPS) is 16.7. The molecule has 0 aromatic heterocycles. The number of rotatable bonds is 1. The highest BCUT2D eigenvalue weighted by Crippen LogP contribution is 2.04. The summed E-state index contributed by atoms with van der Waals surface area (Å²) in [4.78, 5) is 10.6. The van der Waals surface area contributed by atoms with Gasteiger partial charge in [0.2, 0.25) is 5.91 Å². The molecule has 0 spiro atoms. The van der Waals surface area contributed by atoms with Crippen molar-refractivity contribution in [3.63, 3.8) is 0 Å². The summed E-state index contributed by atoms with van der Waals surface area (Å²) in [6.45, 7) is 0.745. The molecule has 0 unspecified atom stereocenters. The Balaban J connectivity index is 0.000000371. The number of nitrogens with one attached hydrogen (secondary N) is 1. The maximum atomic E-state index is 10.6.